The Morgan fingerprint density at radius 2 is 2.06 bits per heavy atom. The molecule has 1 fully saturated rings. The molecule has 1 unspecified atom stereocenters. The Hall–Kier alpha value is -0.0400. The highest BCUT2D eigenvalue weighted by molar-refractivity contribution is 5.85. The summed E-state index contributed by atoms with van der Waals surface area (Å²) in [5, 5.41) is 0. The largest absolute Gasteiger partial charge is 0.411 e. The zero-order chi connectivity index (χ0) is 11.3. The SMILES string of the molecule is Cl.NCC1CCN(CCOCC(F)(F)F)C1. The van der Waals surface area contributed by atoms with Crippen LogP contribution in [0.1, 0.15) is 6.42 Å². The minimum absolute atomic E-state index is 0. The number of nitrogens with zero attached hydrogens (tertiary/aromatic N) is 1. The minimum atomic E-state index is -4.22. The summed E-state index contributed by atoms with van der Waals surface area (Å²) in [6.07, 6.45) is -3.18. The standard InChI is InChI=1S/C9H17F3N2O.ClH/c10-9(11,12)7-15-4-3-14-2-1-8(5-13)6-14;/h8H,1-7,13H2;1H. The third-order valence-electron chi connectivity index (χ3n) is 2.52. The van der Waals surface area contributed by atoms with Crippen LogP contribution in [0.3, 0.4) is 0 Å². The van der Waals surface area contributed by atoms with E-state index < -0.39 is 12.8 Å². The van der Waals surface area contributed by atoms with Crippen LogP contribution < -0.4 is 5.73 Å². The van der Waals surface area contributed by atoms with Crippen molar-refractivity contribution >= 4 is 12.4 Å². The molecule has 0 spiro atoms. The highest BCUT2D eigenvalue weighted by Crippen LogP contribution is 2.16. The maximum absolute atomic E-state index is 11.7. The molecule has 1 saturated heterocycles. The summed E-state index contributed by atoms with van der Waals surface area (Å²) >= 11 is 0. The van der Waals surface area contributed by atoms with Crippen LogP contribution >= 0.6 is 12.4 Å². The minimum Gasteiger partial charge on any atom is -0.371 e. The second-order valence-electron chi connectivity index (χ2n) is 3.86. The number of nitrogens with two attached hydrogens (primary N) is 1. The Morgan fingerprint density at radius 1 is 1.38 bits per heavy atom. The van der Waals surface area contributed by atoms with Crippen LogP contribution in [0.15, 0.2) is 0 Å². The molecule has 1 aliphatic rings. The monoisotopic (exact) mass is 262 g/mol. The quantitative estimate of drug-likeness (QED) is 0.759. The summed E-state index contributed by atoms with van der Waals surface area (Å²) in [5.41, 5.74) is 5.50. The van der Waals surface area contributed by atoms with Crippen molar-refractivity contribution in [3.05, 3.63) is 0 Å². The summed E-state index contributed by atoms with van der Waals surface area (Å²) in [5.74, 6) is 0.493. The van der Waals surface area contributed by atoms with Gasteiger partial charge in [-0.05, 0) is 25.4 Å². The predicted molar refractivity (Wildman–Crippen MR) is 57.7 cm³/mol. The summed E-state index contributed by atoms with van der Waals surface area (Å²) < 4.78 is 39.7. The van der Waals surface area contributed by atoms with Crippen LogP contribution in [0.2, 0.25) is 0 Å². The van der Waals surface area contributed by atoms with Gasteiger partial charge in [-0.3, -0.25) is 0 Å². The van der Waals surface area contributed by atoms with Gasteiger partial charge in [-0.25, -0.2) is 0 Å². The van der Waals surface area contributed by atoms with Crippen LogP contribution in [0.4, 0.5) is 13.2 Å². The lowest BCUT2D eigenvalue weighted by molar-refractivity contribution is -0.174. The maximum Gasteiger partial charge on any atom is 0.411 e. The summed E-state index contributed by atoms with van der Waals surface area (Å²) in [6.45, 7) is 1.99. The number of ether oxygens (including phenoxy) is 1. The smallest absolute Gasteiger partial charge is 0.371 e. The second kappa shape index (κ2) is 7.32. The molecule has 0 amide bonds. The van der Waals surface area contributed by atoms with Gasteiger partial charge in [-0.1, -0.05) is 0 Å². The Labute approximate surface area is 99.5 Å². The first-order valence-corrected chi connectivity index (χ1v) is 5.08. The number of rotatable bonds is 5. The molecule has 16 heavy (non-hydrogen) atoms. The number of halogens is 4. The molecule has 1 atom stereocenters. The van der Waals surface area contributed by atoms with E-state index in [0.29, 0.717) is 19.0 Å². The molecule has 7 heteroatoms. The first kappa shape index (κ1) is 16.0. The summed E-state index contributed by atoms with van der Waals surface area (Å²) in [4.78, 5) is 2.09. The van der Waals surface area contributed by atoms with Crippen molar-refractivity contribution in [2.24, 2.45) is 11.7 Å². The van der Waals surface area contributed by atoms with E-state index >= 15 is 0 Å². The van der Waals surface area contributed by atoms with E-state index in [2.05, 4.69) is 9.64 Å². The van der Waals surface area contributed by atoms with Crippen molar-refractivity contribution in [2.75, 3.05) is 39.4 Å². The van der Waals surface area contributed by atoms with Gasteiger partial charge in [0.2, 0.25) is 0 Å². The lowest BCUT2D eigenvalue weighted by Gasteiger charge is -2.15. The molecule has 0 aromatic carbocycles. The first-order chi connectivity index (χ1) is 7.01. The summed E-state index contributed by atoms with van der Waals surface area (Å²) in [6, 6.07) is 0. The third kappa shape index (κ3) is 6.52. The van der Waals surface area contributed by atoms with Crippen LogP contribution in [-0.2, 0) is 4.74 Å². The highest BCUT2D eigenvalue weighted by atomic mass is 35.5. The number of likely N-dealkylation sites (tertiary alicyclic amines) is 1. The number of hydrogen-bond acceptors (Lipinski definition) is 3. The van der Waals surface area contributed by atoms with Crippen molar-refractivity contribution in [3.8, 4) is 0 Å². The van der Waals surface area contributed by atoms with E-state index in [-0.39, 0.29) is 19.0 Å². The normalized spacial score (nSPS) is 22.1. The fourth-order valence-corrected chi connectivity index (χ4v) is 1.69. The number of alkyl halides is 3. The Morgan fingerprint density at radius 3 is 2.56 bits per heavy atom. The summed E-state index contributed by atoms with van der Waals surface area (Å²) in [7, 11) is 0. The molecule has 2 N–H and O–H groups in total. The Bertz CT molecular complexity index is 192. The third-order valence-corrected chi connectivity index (χ3v) is 2.52. The van der Waals surface area contributed by atoms with Gasteiger partial charge >= 0.3 is 6.18 Å². The topological polar surface area (TPSA) is 38.5 Å². The van der Waals surface area contributed by atoms with E-state index in [9.17, 15) is 13.2 Å². The lowest BCUT2D eigenvalue weighted by Crippen LogP contribution is -2.28. The molecule has 1 rings (SSSR count). The fraction of sp³-hybridized carbons (Fsp3) is 1.00. The van der Waals surface area contributed by atoms with Gasteiger partial charge in [0.15, 0.2) is 0 Å². The maximum atomic E-state index is 11.7. The van der Waals surface area contributed by atoms with Crippen molar-refractivity contribution < 1.29 is 17.9 Å². The zero-order valence-electron chi connectivity index (χ0n) is 9.00. The van der Waals surface area contributed by atoms with Crippen LogP contribution in [-0.4, -0.2) is 50.5 Å². The molecule has 0 aromatic heterocycles. The molecule has 0 bridgehead atoms. The Kier molecular flexibility index (Phi) is 7.30. The van der Waals surface area contributed by atoms with Crippen molar-refractivity contribution in [2.45, 2.75) is 12.6 Å². The molecule has 98 valence electrons. The molecule has 0 saturated carbocycles. The van der Waals surface area contributed by atoms with Crippen LogP contribution in [0.5, 0.6) is 0 Å². The first-order valence-electron chi connectivity index (χ1n) is 5.08. The van der Waals surface area contributed by atoms with Gasteiger partial charge in [0.25, 0.3) is 0 Å². The average molecular weight is 263 g/mol. The number of hydrogen-bond donors (Lipinski definition) is 1. The lowest BCUT2D eigenvalue weighted by atomic mass is 10.1. The molecular formula is C9H18ClF3N2O. The highest BCUT2D eigenvalue weighted by Gasteiger charge is 2.27. The van der Waals surface area contributed by atoms with Crippen molar-refractivity contribution in [3.63, 3.8) is 0 Å². The fourth-order valence-electron chi connectivity index (χ4n) is 1.69. The van der Waals surface area contributed by atoms with Crippen LogP contribution in [0, 0.1) is 5.92 Å². The van der Waals surface area contributed by atoms with E-state index in [1.807, 2.05) is 0 Å². The predicted octanol–water partition coefficient (Wildman–Crippen LogP) is 1.27. The van der Waals surface area contributed by atoms with Crippen molar-refractivity contribution in [1.29, 1.82) is 0 Å². The molecule has 1 heterocycles. The molecule has 1 aliphatic heterocycles. The molecule has 0 aromatic rings. The molecule has 0 aliphatic carbocycles. The van der Waals surface area contributed by atoms with E-state index in [1.165, 1.54) is 0 Å². The average Bonchev–Trinajstić information content (AvgIpc) is 2.59. The van der Waals surface area contributed by atoms with E-state index in [4.69, 9.17) is 5.73 Å². The molecule has 0 radical (unpaired) electrons. The van der Waals surface area contributed by atoms with Gasteiger partial charge in [-0.15, -0.1) is 12.4 Å². The molecular weight excluding hydrogens is 245 g/mol. The van der Waals surface area contributed by atoms with Gasteiger partial charge in [-0.2, -0.15) is 13.2 Å². The van der Waals surface area contributed by atoms with E-state index in [1.54, 1.807) is 0 Å². The van der Waals surface area contributed by atoms with E-state index in [0.717, 1.165) is 19.5 Å². The molecule has 3 nitrogen and oxygen atoms in total. The van der Waals surface area contributed by atoms with Gasteiger partial charge < -0.3 is 15.4 Å². The van der Waals surface area contributed by atoms with Gasteiger partial charge in [0.05, 0.1) is 6.61 Å². The van der Waals surface area contributed by atoms with Gasteiger partial charge in [0.1, 0.15) is 6.61 Å². The van der Waals surface area contributed by atoms with Crippen molar-refractivity contribution in [1.82, 2.24) is 4.90 Å². The Balaban J connectivity index is 0.00000225. The van der Waals surface area contributed by atoms with Crippen LogP contribution in [0.25, 0.3) is 0 Å². The van der Waals surface area contributed by atoms with Gasteiger partial charge in [0, 0.05) is 13.1 Å². The second-order valence-corrected chi connectivity index (χ2v) is 3.86. The zero-order valence-corrected chi connectivity index (χ0v) is 9.82.